The fourth-order valence-corrected chi connectivity index (χ4v) is 3.15. The fourth-order valence-electron chi connectivity index (χ4n) is 3.15. The van der Waals surface area contributed by atoms with Gasteiger partial charge in [0.25, 0.3) is 0 Å². The maximum atomic E-state index is 13.1. The Balaban J connectivity index is 1.55. The molecule has 3 rings (SSSR count). The van der Waals surface area contributed by atoms with E-state index in [4.69, 9.17) is 4.74 Å². The molecule has 1 amide bonds. The molecule has 0 aliphatic carbocycles. The van der Waals surface area contributed by atoms with Crippen LogP contribution in [-0.4, -0.2) is 74.0 Å². The number of halogens is 1. The van der Waals surface area contributed by atoms with Gasteiger partial charge in [0, 0.05) is 45.4 Å². The predicted octanol–water partition coefficient (Wildman–Crippen LogP) is 1.56. The molecule has 1 aliphatic rings. The average molecular weight is 387 g/mol. The summed E-state index contributed by atoms with van der Waals surface area (Å²) in [4.78, 5) is 16.4. The average Bonchev–Trinajstić information content (AvgIpc) is 2.98. The number of aromatic nitrogens is 2. The van der Waals surface area contributed by atoms with Crippen LogP contribution in [0.1, 0.15) is 6.42 Å². The number of benzene rings is 1. The molecule has 1 N–H and O–H groups in total. The quantitative estimate of drug-likeness (QED) is 0.727. The standard InChI is InChI=1S/C20H26FN5O2/c1-28-14-9-22-15-20(27)26-11-2-10-25(12-13-26)19-8-7-18(23-24-19)16-3-5-17(21)6-4-16/h3-8,22H,2,9-15H2,1H3. The van der Waals surface area contributed by atoms with E-state index in [1.54, 1.807) is 19.2 Å². The molecule has 1 aliphatic heterocycles. The number of ether oxygens (including phenoxy) is 1. The van der Waals surface area contributed by atoms with Gasteiger partial charge in [-0.05, 0) is 42.8 Å². The molecule has 0 saturated carbocycles. The highest BCUT2D eigenvalue weighted by molar-refractivity contribution is 5.78. The third kappa shape index (κ3) is 5.46. The summed E-state index contributed by atoms with van der Waals surface area (Å²) < 4.78 is 18.0. The van der Waals surface area contributed by atoms with Crippen molar-refractivity contribution in [1.29, 1.82) is 0 Å². The molecular formula is C20H26FN5O2. The van der Waals surface area contributed by atoms with Gasteiger partial charge < -0.3 is 19.9 Å². The lowest BCUT2D eigenvalue weighted by Crippen LogP contribution is -2.41. The Morgan fingerprint density at radius 1 is 1.11 bits per heavy atom. The van der Waals surface area contributed by atoms with Crippen LogP contribution >= 0.6 is 0 Å². The van der Waals surface area contributed by atoms with Gasteiger partial charge in [-0.25, -0.2) is 4.39 Å². The molecule has 0 unspecified atom stereocenters. The van der Waals surface area contributed by atoms with Crippen LogP contribution < -0.4 is 10.2 Å². The Labute approximate surface area is 164 Å². The van der Waals surface area contributed by atoms with Crippen molar-refractivity contribution in [3.63, 3.8) is 0 Å². The predicted molar refractivity (Wildman–Crippen MR) is 106 cm³/mol. The SMILES string of the molecule is COCCNCC(=O)N1CCCN(c2ccc(-c3ccc(F)cc3)nn2)CC1. The summed E-state index contributed by atoms with van der Waals surface area (Å²) in [6, 6.07) is 10.0. The zero-order valence-corrected chi connectivity index (χ0v) is 16.1. The van der Waals surface area contributed by atoms with Gasteiger partial charge in [0.05, 0.1) is 18.8 Å². The van der Waals surface area contributed by atoms with E-state index in [9.17, 15) is 9.18 Å². The molecule has 1 aromatic heterocycles. The van der Waals surface area contributed by atoms with Gasteiger partial charge in [-0.15, -0.1) is 10.2 Å². The van der Waals surface area contributed by atoms with E-state index in [1.165, 1.54) is 12.1 Å². The molecule has 0 spiro atoms. The largest absolute Gasteiger partial charge is 0.383 e. The molecule has 2 heterocycles. The normalized spacial score (nSPS) is 14.8. The minimum atomic E-state index is -0.272. The van der Waals surface area contributed by atoms with Crippen LogP contribution in [0.5, 0.6) is 0 Å². The number of carbonyl (C=O) groups excluding carboxylic acids is 1. The maximum Gasteiger partial charge on any atom is 0.236 e. The van der Waals surface area contributed by atoms with Crippen LogP contribution in [0.15, 0.2) is 36.4 Å². The van der Waals surface area contributed by atoms with Crippen LogP contribution in [0, 0.1) is 5.82 Å². The molecule has 28 heavy (non-hydrogen) atoms. The van der Waals surface area contributed by atoms with Crippen LogP contribution in [0.4, 0.5) is 10.2 Å². The first kappa shape index (κ1) is 20.2. The second kappa shape index (κ2) is 10.1. The number of carbonyl (C=O) groups is 1. The second-order valence-electron chi connectivity index (χ2n) is 6.67. The van der Waals surface area contributed by atoms with E-state index in [1.807, 2.05) is 17.0 Å². The van der Waals surface area contributed by atoms with Crippen molar-refractivity contribution in [3.05, 3.63) is 42.2 Å². The highest BCUT2D eigenvalue weighted by Crippen LogP contribution is 2.19. The molecule has 1 aromatic carbocycles. The van der Waals surface area contributed by atoms with Gasteiger partial charge in [-0.3, -0.25) is 4.79 Å². The number of hydrogen-bond acceptors (Lipinski definition) is 6. The van der Waals surface area contributed by atoms with E-state index < -0.39 is 0 Å². The molecule has 7 nitrogen and oxygen atoms in total. The summed E-state index contributed by atoms with van der Waals surface area (Å²) >= 11 is 0. The van der Waals surface area contributed by atoms with E-state index in [0.717, 1.165) is 30.9 Å². The fraction of sp³-hybridized carbons (Fsp3) is 0.450. The summed E-state index contributed by atoms with van der Waals surface area (Å²) in [5.41, 5.74) is 1.53. The van der Waals surface area contributed by atoms with Gasteiger partial charge in [0.15, 0.2) is 5.82 Å². The summed E-state index contributed by atoms with van der Waals surface area (Å²) in [6.07, 6.45) is 0.880. The molecule has 0 radical (unpaired) electrons. The molecular weight excluding hydrogens is 361 g/mol. The number of nitrogens with zero attached hydrogens (tertiary/aromatic N) is 4. The minimum absolute atomic E-state index is 0.107. The smallest absolute Gasteiger partial charge is 0.236 e. The third-order valence-corrected chi connectivity index (χ3v) is 4.72. The van der Waals surface area contributed by atoms with Crippen molar-refractivity contribution in [3.8, 4) is 11.3 Å². The minimum Gasteiger partial charge on any atom is -0.383 e. The molecule has 0 atom stereocenters. The lowest BCUT2D eigenvalue weighted by molar-refractivity contribution is -0.130. The first-order chi connectivity index (χ1) is 13.7. The molecule has 0 bridgehead atoms. The Hall–Kier alpha value is -2.58. The molecule has 2 aromatic rings. The number of rotatable bonds is 7. The Kier molecular flexibility index (Phi) is 7.27. The van der Waals surface area contributed by atoms with Crippen molar-refractivity contribution in [2.24, 2.45) is 0 Å². The van der Waals surface area contributed by atoms with Crippen molar-refractivity contribution in [2.75, 3.05) is 57.9 Å². The van der Waals surface area contributed by atoms with Gasteiger partial charge in [-0.1, -0.05) is 0 Å². The first-order valence-electron chi connectivity index (χ1n) is 9.49. The number of methoxy groups -OCH3 is 1. The highest BCUT2D eigenvalue weighted by Gasteiger charge is 2.19. The Bertz CT molecular complexity index is 754. The number of anilines is 1. The van der Waals surface area contributed by atoms with Crippen molar-refractivity contribution in [2.45, 2.75) is 6.42 Å². The lowest BCUT2D eigenvalue weighted by Gasteiger charge is -2.22. The Morgan fingerprint density at radius 3 is 2.64 bits per heavy atom. The molecule has 8 heteroatoms. The summed E-state index contributed by atoms with van der Waals surface area (Å²) in [7, 11) is 1.64. The lowest BCUT2D eigenvalue weighted by atomic mass is 10.1. The third-order valence-electron chi connectivity index (χ3n) is 4.72. The van der Waals surface area contributed by atoms with Gasteiger partial charge in [0.1, 0.15) is 5.82 Å². The van der Waals surface area contributed by atoms with Crippen molar-refractivity contribution < 1.29 is 13.9 Å². The summed E-state index contributed by atoms with van der Waals surface area (Å²) in [5, 5.41) is 11.7. The van der Waals surface area contributed by atoms with E-state index in [2.05, 4.69) is 20.4 Å². The van der Waals surface area contributed by atoms with Crippen molar-refractivity contribution in [1.82, 2.24) is 20.4 Å². The summed E-state index contributed by atoms with van der Waals surface area (Å²) in [6.45, 7) is 4.52. The van der Waals surface area contributed by atoms with Gasteiger partial charge in [-0.2, -0.15) is 0 Å². The second-order valence-corrected chi connectivity index (χ2v) is 6.67. The molecule has 150 valence electrons. The van der Waals surface area contributed by atoms with Crippen LogP contribution in [0.2, 0.25) is 0 Å². The molecule has 1 saturated heterocycles. The highest BCUT2D eigenvalue weighted by atomic mass is 19.1. The van der Waals surface area contributed by atoms with E-state index in [-0.39, 0.29) is 11.7 Å². The monoisotopic (exact) mass is 387 g/mol. The zero-order chi connectivity index (χ0) is 19.8. The first-order valence-corrected chi connectivity index (χ1v) is 9.49. The zero-order valence-electron chi connectivity index (χ0n) is 16.1. The van der Waals surface area contributed by atoms with Crippen LogP contribution in [-0.2, 0) is 9.53 Å². The van der Waals surface area contributed by atoms with Crippen molar-refractivity contribution >= 4 is 11.7 Å². The topological polar surface area (TPSA) is 70.6 Å². The number of nitrogens with one attached hydrogen (secondary N) is 1. The van der Waals surface area contributed by atoms with E-state index >= 15 is 0 Å². The molecule has 1 fully saturated rings. The maximum absolute atomic E-state index is 13.1. The van der Waals surface area contributed by atoms with E-state index in [0.29, 0.717) is 38.5 Å². The summed E-state index contributed by atoms with van der Waals surface area (Å²) in [5.74, 6) is 0.625. The number of amides is 1. The van der Waals surface area contributed by atoms with Crippen LogP contribution in [0.25, 0.3) is 11.3 Å². The van der Waals surface area contributed by atoms with Gasteiger partial charge >= 0.3 is 0 Å². The van der Waals surface area contributed by atoms with Crippen LogP contribution in [0.3, 0.4) is 0 Å². The number of hydrogen-bond donors (Lipinski definition) is 1. The van der Waals surface area contributed by atoms with Gasteiger partial charge in [0.2, 0.25) is 5.91 Å². The Morgan fingerprint density at radius 2 is 1.93 bits per heavy atom.